The number of nitrogens with zero attached hydrogens (tertiary/aromatic N) is 3. The number of methoxy groups -OCH3 is 1. The summed E-state index contributed by atoms with van der Waals surface area (Å²) in [5.74, 6) is 1.72. The molecule has 0 unspecified atom stereocenters. The Morgan fingerprint density at radius 1 is 1.09 bits per heavy atom. The molecule has 0 aliphatic carbocycles. The van der Waals surface area contributed by atoms with Gasteiger partial charge in [0.25, 0.3) is 5.91 Å². The van der Waals surface area contributed by atoms with Crippen molar-refractivity contribution in [1.82, 2.24) is 20.0 Å². The predicted molar refractivity (Wildman–Crippen MR) is 124 cm³/mol. The highest BCUT2D eigenvalue weighted by atomic mass is 16.5. The number of rotatable bonds is 9. The zero-order valence-electron chi connectivity index (χ0n) is 18.6. The number of H-pyrrole nitrogens is 1. The number of nitrogens with one attached hydrogen (secondary N) is 2. The summed E-state index contributed by atoms with van der Waals surface area (Å²) in [6, 6.07) is 16.2. The number of benzene rings is 2. The van der Waals surface area contributed by atoms with Crippen molar-refractivity contribution in [1.29, 1.82) is 0 Å². The van der Waals surface area contributed by atoms with E-state index in [1.54, 1.807) is 55.5 Å². The summed E-state index contributed by atoms with van der Waals surface area (Å²) < 4.78 is 18.7. The Hall–Kier alpha value is -4.11. The predicted octanol–water partition coefficient (Wildman–Crippen LogP) is 4.27. The van der Waals surface area contributed by atoms with E-state index in [0.29, 0.717) is 35.2 Å². The van der Waals surface area contributed by atoms with Gasteiger partial charge in [-0.2, -0.15) is 10.2 Å². The number of amides is 1. The summed E-state index contributed by atoms with van der Waals surface area (Å²) in [5.41, 5.74) is 2.28. The summed E-state index contributed by atoms with van der Waals surface area (Å²) in [7, 11) is 3.39. The first-order valence-electron chi connectivity index (χ1n) is 10.4. The number of aryl methyl sites for hydroxylation is 1. The Morgan fingerprint density at radius 2 is 1.88 bits per heavy atom. The molecule has 33 heavy (non-hydrogen) atoms. The molecule has 9 nitrogen and oxygen atoms in total. The van der Waals surface area contributed by atoms with Gasteiger partial charge >= 0.3 is 0 Å². The van der Waals surface area contributed by atoms with E-state index >= 15 is 0 Å². The summed E-state index contributed by atoms with van der Waals surface area (Å²) >= 11 is 0. The third kappa shape index (κ3) is 5.78. The average molecular weight is 447 g/mol. The second kappa shape index (κ2) is 10.0. The molecule has 1 atom stereocenters. The van der Waals surface area contributed by atoms with E-state index < -0.39 is 0 Å². The smallest absolute Gasteiger partial charge is 0.257 e. The van der Waals surface area contributed by atoms with E-state index in [4.69, 9.17) is 14.2 Å². The van der Waals surface area contributed by atoms with Gasteiger partial charge in [0.2, 0.25) is 0 Å². The lowest BCUT2D eigenvalue weighted by Gasteiger charge is -2.16. The van der Waals surface area contributed by atoms with Crippen molar-refractivity contribution in [3.63, 3.8) is 0 Å². The highest BCUT2D eigenvalue weighted by Gasteiger charge is 2.14. The molecule has 4 aromatic rings. The number of hydrogen-bond donors (Lipinski definition) is 2. The number of anilines is 1. The van der Waals surface area contributed by atoms with Gasteiger partial charge in [-0.25, -0.2) is 0 Å². The van der Waals surface area contributed by atoms with Crippen LogP contribution < -0.4 is 14.8 Å². The molecule has 0 spiro atoms. The van der Waals surface area contributed by atoms with Crippen molar-refractivity contribution < 1.29 is 19.0 Å². The fourth-order valence-electron chi connectivity index (χ4n) is 3.26. The van der Waals surface area contributed by atoms with Crippen LogP contribution in [0.25, 0.3) is 11.3 Å². The second-order valence-electron chi connectivity index (χ2n) is 7.50. The van der Waals surface area contributed by atoms with Gasteiger partial charge in [-0.15, -0.1) is 0 Å². The van der Waals surface area contributed by atoms with E-state index in [-0.39, 0.29) is 12.0 Å². The van der Waals surface area contributed by atoms with E-state index in [0.717, 1.165) is 11.3 Å². The first-order valence-corrected chi connectivity index (χ1v) is 10.4. The van der Waals surface area contributed by atoms with Crippen LogP contribution in [0.3, 0.4) is 0 Å². The van der Waals surface area contributed by atoms with E-state index in [9.17, 15) is 4.79 Å². The zero-order chi connectivity index (χ0) is 23.2. The van der Waals surface area contributed by atoms with Gasteiger partial charge in [-0.1, -0.05) is 0 Å². The highest BCUT2D eigenvalue weighted by molar-refractivity contribution is 6.04. The zero-order valence-corrected chi connectivity index (χ0v) is 18.6. The minimum Gasteiger partial charge on any atom is -0.488 e. The third-order valence-electron chi connectivity index (χ3n) is 4.74. The SMILES string of the molecule is COC[C@H](C)Oc1cc(Oc2ccc(-c3ccn[nH]3)cc2)cc(C(=O)Nc2ccn(C)n2)c1. The van der Waals surface area contributed by atoms with Crippen LogP contribution in [0.2, 0.25) is 0 Å². The van der Waals surface area contributed by atoms with Gasteiger partial charge in [0.1, 0.15) is 23.4 Å². The van der Waals surface area contributed by atoms with Crippen LogP contribution in [-0.4, -0.2) is 45.7 Å². The molecule has 0 aliphatic heterocycles. The lowest BCUT2D eigenvalue weighted by atomic mass is 10.1. The summed E-state index contributed by atoms with van der Waals surface area (Å²) in [5, 5.41) is 13.9. The number of aromatic amines is 1. The number of hydrogen-bond acceptors (Lipinski definition) is 6. The molecule has 0 radical (unpaired) electrons. The summed E-state index contributed by atoms with van der Waals surface area (Å²) in [6.07, 6.45) is 3.25. The Labute approximate surface area is 191 Å². The quantitative estimate of drug-likeness (QED) is 0.397. The van der Waals surface area contributed by atoms with Gasteiger partial charge < -0.3 is 19.5 Å². The van der Waals surface area contributed by atoms with Crippen molar-refractivity contribution >= 4 is 11.7 Å². The molecule has 9 heteroatoms. The van der Waals surface area contributed by atoms with Crippen molar-refractivity contribution in [3.8, 4) is 28.5 Å². The first kappa shape index (κ1) is 22.1. The molecule has 2 aromatic heterocycles. The van der Waals surface area contributed by atoms with Crippen molar-refractivity contribution in [2.24, 2.45) is 7.05 Å². The number of carbonyl (C=O) groups excluding carboxylic acids is 1. The lowest BCUT2D eigenvalue weighted by molar-refractivity contribution is 0.0915. The largest absolute Gasteiger partial charge is 0.488 e. The van der Waals surface area contributed by atoms with Gasteiger partial charge in [0.05, 0.1) is 12.3 Å². The minimum absolute atomic E-state index is 0.203. The fourth-order valence-corrected chi connectivity index (χ4v) is 3.26. The van der Waals surface area contributed by atoms with Crippen LogP contribution in [0.1, 0.15) is 17.3 Å². The number of aromatic nitrogens is 4. The minimum atomic E-state index is -0.321. The van der Waals surface area contributed by atoms with Gasteiger partial charge in [-0.3, -0.25) is 14.6 Å². The van der Waals surface area contributed by atoms with Crippen molar-refractivity contribution in [3.05, 3.63) is 72.6 Å². The average Bonchev–Trinajstić information content (AvgIpc) is 3.46. The Kier molecular flexibility index (Phi) is 6.70. The standard InChI is InChI=1S/C24H25N5O4/c1-16(15-31-3)32-20-12-18(24(30)26-23-9-11-29(2)28-23)13-21(14-20)33-19-6-4-17(5-7-19)22-8-10-25-27-22/h4-14,16H,15H2,1-3H3,(H,25,27)(H,26,28,30)/t16-/m0/s1. The molecule has 2 aromatic carbocycles. The normalized spacial score (nSPS) is 11.7. The van der Waals surface area contributed by atoms with E-state index in [1.165, 1.54) is 0 Å². The molecule has 4 rings (SSSR count). The summed E-state index contributed by atoms with van der Waals surface area (Å²) in [6.45, 7) is 2.30. The van der Waals surface area contributed by atoms with Gasteiger partial charge in [0.15, 0.2) is 5.82 Å². The maximum Gasteiger partial charge on any atom is 0.257 e. The van der Waals surface area contributed by atoms with Crippen LogP contribution in [-0.2, 0) is 11.8 Å². The number of carbonyl (C=O) groups is 1. The fraction of sp³-hybridized carbons (Fsp3) is 0.208. The van der Waals surface area contributed by atoms with E-state index in [1.807, 2.05) is 37.3 Å². The maximum atomic E-state index is 12.9. The molecule has 0 aliphatic rings. The third-order valence-corrected chi connectivity index (χ3v) is 4.74. The van der Waals surface area contributed by atoms with Crippen LogP contribution in [0, 0.1) is 0 Å². The Balaban J connectivity index is 1.57. The first-order chi connectivity index (χ1) is 16.0. The molecule has 0 saturated heterocycles. The highest BCUT2D eigenvalue weighted by Crippen LogP contribution is 2.30. The molecule has 0 fully saturated rings. The Bertz CT molecular complexity index is 1200. The summed E-state index contributed by atoms with van der Waals surface area (Å²) in [4.78, 5) is 12.9. The molecule has 0 saturated carbocycles. The second-order valence-corrected chi connectivity index (χ2v) is 7.50. The number of ether oxygens (including phenoxy) is 3. The molecule has 0 bridgehead atoms. The molecular weight excluding hydrogens is 422 g/mol. The molecule has 2 N–H and O–H groups in total. The van der Waals surface area contributed by atoms with Crippen molar-refractivity contribution in [2.45, 2.75) is 13.0 Å². The van der Waals surface area contributed by atoms with Gasteiger partial charge in [-0.05, 0) is 55.0 Å². The van der Waals surface area contributed by atoms with Crippen molar-refractivity contribution in [2.75, 3.05) is 19.0 Å². The topological polar surface area (TPSA) is 103 Å². The van der Waals surface area contributed by atoms with E-state index in [2.05, 4.69) is 20.6 Å². The molecular formula is C24H25N5O4. The van der Waals surface area contributed by atoms with Gasteiger partial charge in [0, 0.05) is 44.2 Å². The maximum absolute atomic E-state index is 12.9. The monoisotopic (exact) mass is 447 g/mol. The molecule has 170 valence electrons. The molecule has 1 amide bonds. The lowest BCUT2D eigenvalue weighted by Crippen LogP contribution is -2.18. The van der Waals surface area contributed by atoms with Crippen LogP contribution in [0.5, 0.6) is 17.2 Å². The van der Waals surface area contributed by atoms with Crippen LogP contribution in [0.15, 0.2) is 67.0 Å². The van der Waals surface area contributed by atoms with Crippen LogP contribution in [0.4, 0.5) is 5.82 Å². The Morgan fingerprint density at radius 3 is 2.55 bits per heavy atom. The molecule has 2 heterocycles. The van der Waals surface area contributed by atoms with Crippen LogP contribution >= 0.6 is 0 Å².